The fourth-order valence-corrected chi connectivity index (χ4v) is 4.31. The first kappa shape index (κ1) is 19.0. The van der Waals surface area contributed by atoms with Gasteiger partial charge in [0.15, 0.2) is 0 Å². The number of aromatic nitrogens is 1. The van der Waals surface area contributed by atoms with E-state index in [2.05, 4.69) is 4.98 Å². The smallest absolute Gasteiger partial charge is 0.410 e. The minimum absolute atomic E-state index is 0.00948. The number of nitrogens with zero attached hydrogens (tertiary/aromatic N) is 2. The second-order valence-corrected chi connectivity index (χ2v) is 8.62. The Morgan fingerprint density at radius 3 is 2.42 bits per heavy atom. The number of piperidine rings is 2. The maximum atomic E-state index is 12.7. The molecule has 0 spiro atoms. The van der Waals surface area contributed by atoms with Gasteiger partial charge in [-0.3, -0.25) is 0 Å². The molecule has 6 nitrogen and oxygen atoms in total. The molecule has 2 aliphatic rings. The van der Waals surface area contributed by atoms with E-state index < -0.39 is 11.2 Å². The predicted octanol–water partition coefficient (Wildman–Crippen LogP) is 3.54. The summed E-state index contributed by atoms with van der Waals surface area (Å²) in [6.45, 7) is 7.57. The topological polar surface area (TPSA) is 71.9 Å². The van der Waals surface area contributed by atoms with Crippen LogP contribution in [0.3, 0.4) is 0 Å². The highest BCUT2D eigenvalue weighted by Crippen LogP contribution is 2.45. The zero-order valence-electron chi connectivity index (χ0n) is 16.4. The minimum atomic E-state index is -0.974. The average molecular weight is 362 g/mol. The number of carbonyl (C=O) groups is 1. The fraction of sp³-hybridized carbons (Fsp3) is 0.700. The van der Waals surface area contributed by atoms with Crippen molar-refractivity contribution in [3.63, 3.8) is 0 Å². The zero-order chi connectivity index (χ0) is 19.1. The lowest BCUT2D eigenvalue weighted by atomic mass is 9.73. The lowest BCUT2D eigenvalue weighted by Gasteiger charge is -2.51. The molecule has 2 bridgehead atoms. The van der Waals surface area contributed by atoms with Crippen LogP contribution in [0.1, 0.15) is 64.0 Å². The van der Waals surface area contributed by atoms with Gasteiger partial charge in [-0.05, 0) is 53.0 Å². The molecule has 3 heterocycles. The molecular formula is C20H30N2O4. The van der Waals surface area contributed by atoms with E-state index in [4.69, 9.17) is 9.47 Å². The molecule has 2 saturated heterocycles. The molecule has 0 radical (unpaired) electrons. The summed E-state index contributed by atoms with van der Waals surface area (Å²) in [6, 6.07) is 1.93. The van der Waals surface area contributed by atoms with Crippen LogP contribution in [0, 0.1) is 6.92 Å². The Kier molecular flexibility index (Phi) is 4.90. The first-order valence-electron chi connectivity index (χ1n) is 9.38. The molecule has 144 valence electrons. The highest BCUT2D eigenvalue weighted by molar-refractivity contribution is 5.69. The molecule has 0 aromatic carbocycles. The molecule has 1 aromatic rings. The first-order chi connectivity index (χ1) is 12.1. The van der Waals surface area contributed by atoms with Crippen LogP contribution >= 0.6 is 0 Å². The van der Waals surface area contributed by atoms with Gasteiger partial charge in [-0.2, -0.15) is 0 Å². The summed E-state index contributed by atoms with van der Waals surface area (Å²) in [7, 11) is 1.59. The molecule has 2 aliphatic heterocycles. The third-order valence-corrected chi connectivity index (χ3v) is 5.37. The van der Waals surface area contributed by atoms with Gasteiger partial charge in [-0.1, -0.05) is 0 Å². The van der Waals surface area contributed by atoms with Crippen molar-refractivity contribution in [2.24, 2.45) is 0 Å². The number of hydrogen-bond acceptors (Lipinski definition) is 5. The van der Waals surface area contributed by atoms with Gasteiger partial charge < -0.3 is 19.5 Å². The van der Waals surface area contributed by atoms with Crippen LogP contribution in [0.25, 0.3) is 0 Å². The van der Waals surface area contributed by atoms with E-state index in [0.717, 1.165) is 30.4 Å². The van der Waals surface area contributed by atoms with E-state index in [1.165, 1.54) is 0 Å². The Bertz CT molecular complexity index is 669. The number of aryl methyl sites for hydroxylation is 1. The fourth-order valence-electron chi connectivity index (χ4n) is 4.31. The Morgan fingerprint density at radius 2 is 1.92 bits per heavy atom. The maximum Gasteiger partial charge on any atom is 0.410 e. The summed E-state index contributed by atoms with van der Waals surface area (Å²) in [6.07, 6.45) is 5.31. The molecule has 3 rings (SSSR count). The number of amides is 1. The van der Waals surface area contributed by atoms with E-state index in [1.807, 2.05) is 38.7 Å². The summed E-state index contributed by atoms with van der Waals surface area (Å²) in [5.41, 5.74) is 0.212. The van der Waals surface area contributed by atoms with Crippen LogP contribution in [-0.2, 0) is 10.3 Å². The molecule has 2 unspecified atom stereocenters. The number of fused-ring (bicyclic) bond motifs is 2. The molecule has 1 aromatic heterocycles. The Morgan fingerprint density at radius 1 is 1.31 bits per heavy atom. The van der Waals surface area contributed by atoms with Gasteiger partial charge in [-0.15, -0.1) is 0 Å². The highest BCUT2D eigenvalue weighted by atomic mass is 16.6. The van der Waals surface area contributed by atoms with Crippen molar-refractivity contribution < 1.29 is 19.4 Å². The van der Waals surface area contributed by atoms with Gasteiger partial charge in [0.25, 0.3) is 0 Å². The lowest BCUT2D eigenvalue weighted by Crippen LogP contribution is -2.59. The average Bonchev–Trinajstić information content (AvgIpc) is 2.52. The van der Waals surface area contributed by atoms with Crippen molar-refractivity contribution in [2.75, 3.05) is 7.11 Å². The predicted molar refractivity (Wildman–Crippen MR) is 98.2 cm³/mol. The van der Waals surface area contributed by atoms with Crippen LogP contribution in [-0.4, -0.2) is 45.9 Å². The lowest BCUT2D eigenvalue weighted by molar-refractivity contribution is -0.0966. The molecule has 0 aliphatic carbocycles. The summed E-state index contributed by atoms with van der Waals surface area (Å²) < 4.78 is 10.8. The highest BCUT2D eigenvalue weighted by Gasteiger charge is 2.49. The molecule has 26 heavy (non-hydrogen) atoms. The Hall–Kier alpha value is -1.82. The zero-order valence-corrected chi connectivity index (χ0v) is 16.4. The van der Waals surface area contributed by atoms with Gasteiger partial charge in [0.05, 0.1) is 12.7 Å². The molecular weight excluding hydrogens is 332 g/mol. The largest absolute Gasteiger partial charge is 0.481 e. The van der Waals surface area contributed by atoms with Crippen LogP contribution in [0.4, 0.5) is 4.79 Å². The molecule has 1 amide bonds. The molecule has 1 N–H and O–H groups in total. The third kappa shape index (κ3) is 3.65. The van der Waals surface area contributed by atoms with E-state index in [9.17, 15) is 9.90 Å². The normalized spacial score (nSPS) is 28.6. The second kappa shape index (κ2) is 6.72. The molecule has 0 saturated carbocycles. The minimum Gasteiger partial charge on any atom is -0.481 e. The quantitative estimate of drug-likeness (QED) is 0.871. The summed E-state index contributed by atoms with van der Waals surface area (Å²) in [4.78, 5) is 18.9. The van der Waals surface area contributed by atoms with Crippen molar-refractivity contribution in [3.05, 3.63) is 23.4 Å². The van der Waals surface area contributed by atoms with Crippen molar-refractivity contribution in [3.8, 4) is 5.88 Å². The van der Waals surface area contributed by atoms with E-state index in [1.54, 1.807) is 13.3 Å². The van der Waals surface area contributed by atoms with Gasteiger partial charge in [-0.25, -0.2) is 9.78 Å². The van der Waals surface area contributed by atoms with Crippen LogP contribution in [0.5, 0.6) is 5.88 Å². The number of pyridine rings is 1. The number of ether oxygens (including phenoxy) is 2. The SMILES string of the molecule is COc1ncc(C2(O)CC3CCCC(C2)N3C(=O)OC(C)(C)C)cc1C. The van der Waals surface area contributed by atoms with Gasteiger partial charge in [0.2, 0.25) is 5.88 Å². The summed E-state index contributed by atoms with van der Waals surface area (Å²) in [5, 5.41) is 11.4. The van der Waals surface area contributed by atoms with Gasteiger partial charge in [0, 0.05) is 42.2 Å². The Balaban J connectivity index is 1.84. The number of hydrogen-bond donors (Lipinski definition) is 1. The first-order valence-corrected chi connectivity index (χ1v) is 9.38. The molecule has 6 heteroatoms. The van der Waals surface area contributed by atoms with Crippen molar-refractivity contribution >= 4 is 6.09 Å². The number of aliphatic hydroxyl groups is 1. The van der Waals surface area contributed by atoms with Gasteiger partial charge >= 0.3 is 6.09 Å². The van der Waals surface area contributed by atoms with E-state index in [-0.39, 0.29) is 18.2 Å². The van der Waals surface area contributed by atoms with E-state index >= 15 is 0 Å². The number of carbonyl (C=O) groups excluding carboxylic acids is 1. The van der Waals surface area contributed by atoms with Crippen LogP contribution in [0.2, 0.25) is 0 Å². The van der Waals surface area contributed by atoms with E-state index in [0.29, 0.717) is 18.7 Å². The van der Waals surface area contributed by atoms with Crippen molar-refractivity contribution in [1.29, 1.82) is 0 Å². The molecule has 2 fully saturated rings. The molecule has 2 atom stereocenters. The monoisotopic (exact) mass is 362 g/mol. The van der Waals surface area contributed by atoms with Gasteiger partial charge in [0.1, 0.15) is 5.60 Å². The summed E-state index contributed by atoms with van der Waals surface area (Å²) in [5.74, 6) is 0.573. The number of methoxy groups -OCH3 is 1. The summed E-state index contributed by atoms with van der Waals surface area (Å²) >= 11 is 0. The van der Waals surface area contributed by atoms with Crippen molar-refractivity contribution in [1.82, 2.24) is 9.88 Å². The second-order valence-electron chi connectivity index (χ2n) is 8.62. The third-order valence-electron chi connectivity index (χ3n) is 5.37. The van der Waals surface area contributed by atoms with Crippen LogP contribution < -0.4 is 4.74 Å². The number of rotatable bonds is 2. The Labute approximate surface area is 155 Å². The van der Waals surface area contributed by atoms with Crippen molar-refractivity contribution in [2.45, 2.75) is 83.1 Å². The standard InChI is InChI=1S/C20H30N2O4/c1-13-9-14(12-21-17(13)25-5)20(24)10-15-7-6-8-16(11-20)22(15)18(23)26-19(2,3)4/h9,12,15-16,24H,6-8,10-11H2,1-5H3. The van der Waals surface area contributed by atoms with Crippen LogP contribution in [0.15, 0.2) is 12.3 Å². The maximum absolute atomic E-state index is 12.7.